The lowest BCUT2D eigenvalue weighted by Crippen LogP contribution is -2.32. The van der Waals surface area contributed by atoms with E-state index in [2.05, 4.69) is 4.90 Å². The van der Waals surface area contributed by atoms with Crippen LogP contribution in [0.3, 0.4) is 0 Å². The molecule has 0 N–H and O–H groups in total. The minimum atomic E-state index is 0.0109. The molecule has 0 unspecified atom stereocenters. The highest BCUT2D eigenvalue weighted by molar-refractivity contribution is 5.84. The lowest BCUT2D eigenvalue weighted by molar-refractivity contribution is -0.122. The summed E-state index contributed by atoms with van der Waals surface area (Å²) >= 11 is 0. The average Bonchev–Trinajstić information content (AvgIpc) is 3.28. The zero-order valence-corrected chi connectivity index (χ0v) is 16.5. The third-order valence-corrected chi connectivity index (χ3v) is 4.15. The highest BCUT2D eigenvalue weighted by atomic mass is 16.7. The summed E-state index contributed by atoms with van der Waals surface area (Å²) < 4.78 is 16.6. The average molecular weight is 351 g/mol. The third kappa shape index (κ3) is 5.72. The van der Waals surface area contributed by atoms with Crippen LogP contribution >= 0.6 is 0 Å². The topological polar surface area (TPSA) is 48.0 Å². The summed E-state index contributed by atoms with van der Waals surface area (Å²) in [5, 5.41) is 0. The van der Waals surface area contributed by atoms with Gasteiger partial charge >= 0.3 is 0 Å². The first-order chi connectivity index (χ1) is 12.2. The van der Waals surface area contributed by atoms with E-state index in [0.717, 1.165) is 30.0 Å². The normalized spacial score (nSPS) is 21.0. The van der Waals surface area contributed by atoms with Crippen molar-refractivity contribution in [3.05, 3.63) is 23.8 Å². The first-order valence-electron chi connectivity index (χ1n) is 9.40. The molecule has 0 saturated carbocycles. The number of ketones is 1. The van der Waals surface area contributed by atoms with Crippen LogP contribution in [-0.2, 0) is 16.1 Å². The largest absolute Gasteiger partial charge is 0.454 e. The number of carbonyl (C=O) groups is 1. The van der Waals surface area contributed by atoms with E-state index in [4.69, 9.17) is 14.2 Å². The molecule has 2 aliphatic rings. The second-order valence-electron chi connectivity index (χ2n) is 5.63. The number of fused-ring (bicyclic) bond motifs is 1. The Hall–Kier alpha value is -1.59. The van der Waals surface area contributed by atoms with Crippen molar-refractivity contribution in [3.63, 3.8) is 0 Å². The summed E-state index contributed by atoms with van der Waals surface area (Å²) in [6, 6.07) is 5.86. The molecule has 0 aliphatic carbocycles. The van der Waals surface area contributed by atoms with Gasteiger partial charge in [0.25, 0.3) is 0 Å². The van der Waals surface area contributed by atoms with Gasteiger partial charge < -0.3 is 14.2 Å². The van der Waals surface area contributed by atoms with Crippen molar-refractivity contribution < 1.29 is 19.0 Å². The van der Waals surface area contributed by atoms with E-state index in [-0.39, 0.29) is 18.9 Å². The van der Waals surface area contributed by atoms with Crippen LogP contribution in [0.5, 0.6) is 11.5 Å². The van der Waals surface area contributed by atoms with Gasteiger partial charge in [-0.2, -0.15) is 0 Å². The maximum atomic E-state index is 11.8. The number of rotatable bonds is 5. The molecule has 25 heavy (non-hydrogen) atoms. The summed E-state index contributed by atoms with van der Waals surface area (Å²) in [6.45, 7) is 11.5. The Labute approximate surface area is 152 Å². The minimum Gasteiger partial charge on any atom is -0.454 e. The van der Waals surface area contributed by atoms with Gasteiger partial charge in [0.1, 0.15) is 5.78 Å². The molecule has 1 saturated heterocycles. The fourth-order valence-corrected chi connectivity index (χ4v) is 2.93. The maximum Gasteiger partial charge on any atom is 0.231 e. The summed E-state index contributed by atoms with van der Waals surface area (Å²) in [5.74, 6) is 1.86. The first kappa shape index (κ1) is 21.5. The molecule has 0 radical (unpaired) electrons. The van der Waals surface area contributed by atoms with Crippen LogP contribution in [0.2, 0.25) is 0 Å². The Balaban J connectivity index is 0.000000730. The SMILES string of the molecule is CC.CC.CCC(=O)[C@H]1C[C@@H](OCc2ccc3c(c2)OCO3)CN1C. The highest BCUT2D eigenvalue weighted by Crippen LogP contribution is 2.33. The minimum absolute atomic E-state index is 0.0109. The number of likely N-dealkylation sites (tertiary alicyclic amines) is 1. The van der Waals surface area contributed by atoms with Gasteiger partial charge in [0.05, 0.1) is 18.8 Å². The van der Waals surface area contributed by atoms with Crippen LogP contribution in [0.15, 0.2) is 18.2 Å². The molecule has 2 atom stereocenters. The molecule has 1 aromatic rings. The number of ether oxygens (including phenoxy) is 3. The highest BCUT2D eigenvalue weighted by Gasteiger charge is 2.33. The van der Waals surface area contributed by atoms with Crippen LogP contribution in [0.4, 0.5) is 0 Å². The zero-order valence-electron chi connectivity index (χ0n) is 16.5. The number of nitrogens with zero attached hydrogens (tertiary/aromatic N) is 1. The van der Waals surface area contributed by atoms with Crippen LogP contribution in [0, 0.1) is 0 Å². The predicted molar refractivity (Wildman–Crippen MR) is 100 cm³/mol. The van der Waals surface area contributed by atoms with Gasteiger partial charge in [-0.05, 0) is 31.2 Å². The van der Waals surface area contributed by atoms with Crippen molar-refractivity contribution in [1.82, 2.24) is 4.90 Å². The van der Waals surface area contributed by atoms with E-state index < -0.39 is 0 Å². The van der Waals surface area contributed by atoms with Gasteiger partial charge in [0, 0.05) is 13.0 Å². The Morgan fingerprint density at radius 2 is 1.88 bits per heavy atom. The van der Waals surface area contributed by atoms with Crippen molar-refractivity contribution >= 4 is 5.78 Å². The Morgan fingerprint density at radius 3 is 2.56 bits per heavy atom. The quantitative estimate of drug-likeness (QED) is 0.801. The number of benzene rings is 1. The smallest absolute Gasteiger partial charge is 0.231 e. The van der Waals surface area contributed by atoms with Crippen molar-refractivity contribution in [3.8, 4) is 11.5 Å². The Kier molecular flexibility index (Phi) is 9.53. The standard InChI is InChI=1S/C16H21NO4.2C2H6/c1-3-14(18)13-7-12(8-17(13)2)19-9-11-4-5-15-16(6-11)21-10-20-15;2*1-2/h4-6,12-13H,3,7-10H2,1-2H3;2*1-2H3/t12-,13-;;/m1../s1. The number of carbonyl (C=O) groups excluding carboxylic acids is 1. The van der Waals surface area contributed by atoms with Crippen LogP contribution in [-0.4, -0.2) is 43.2 Å². The number of likely N-dealkylation sites (N-methyl/N-ethyl adjacent to an activating group) is 1. The fourth-order valence-electron chi connectivity index (χ4n) is 2.93. The fraction of sp³-hybridized carbons (Fsp3) is 0.650. The van der Waals surface area contributed by atoms with E-state index in [1.807, 2.05) is 59.9 Å². The molecule has 0 spiro atoms. The number of Topliss-reactive ketones (excluding diaryl/α,β-unsaturated/α-hetero) is 1. The zero-order chi connectivity index (χ0) is 18.8. The molecule has 0 amide bonds. The molecular formula is C20H33NO4. The van der Waals surface area contributed by atoms with Crippen molar-refractivity contribution in [1.29, 1.82) is 0 Å². The Morgan fingerprint density at radius 1 is 1.20 bits per heavy atom. The van der Waals surface area contributed by atoms with E-state index in [1.54, 1.807) is 0 Å². The number of hydrogen-bond donors (Lipinski definition) is 0. The first-order valence-corrected chi connectivity index (χ1v) is 9.40. The van der Waals surface area contributed by atoms with Gasteiger partial charge in [-0.25, -0.2) is 0 Å². The van der Waals surface area contributed by atoms with Gasteiger partial charge in [-0.15, -0.1) is 0 Å². The van der Waals surface area contributed by atoms with Crippen molar-refractivity contribution in [2.24, 2.45) is 0 Å². The van der Waals surface area contributed by atoms with Crippen molar-refractivity contribution in [2.45, 2.75) is 66.2 Å². The van der Waals surface area contributed by atoms with E-state index >= 15 is 0 Å². The molecule has 1 aromatic carbocycles. The molecule has 142 valence electrons. The van der Waals surface area contributed by atoms with Gasteiger partial charge in [0.2, 0.25) is 6.79 Å². The molecule has 5 heteroatoms. The summed E-state index contributed by atoms with van der Waals surface area (Å²) in [4.78, 5) is 13.9. The molecular weight excluding hydrogens is 318 g/mol. The number of hydrogen-bond acceptors (Lipinski definition) is 5. The molecule has 2 heterocycles. The van der Waals surface area contributed by atoms with Gasteiger partial charge in [-0.3, -0.25) is 9.69 Å². The molecule has 3 rings (SSSR count). The summed E-state index contributed by atoms with van der Waals surface area (Å²) in [7, 11) is 1.99. The third-order valence-electron chi connectivity index (χ3n) is 4.15. The summed E-state index contributed by atoms with van der Waals surface area (Å²) in [6.07, 6.45) is 1.48. The van der Waals surface area contributed by atoms with E-state index in [9.17, 15) is 4.79 Å². The Bertz CT molecular complexity index is 532. The molecule has 1 fully saturated rings. The molecule has 0 bridgehead atoms. The van der Waals surface area contributed by atoms with Gasteiger partial charge in [-0.1, -0.05) is 40.7 Å². The second-order valence-corrected chi connectivity index (χ2v) is 5.63. The van der Waals surface area contributed by atoms with Crippen molar-refractivity contribution in [2.75, 3.05) is 20.4 Å². The predicted octanol–water partition coefficient (Wildman–Crippen LogP) is 4.04. The summed E-state index contributed by atoms with van der Waals surface area (Å²) in [5.41, 5.74) is 1.06. The van der Waals surface area contributed by atoms with E-state index in [1.165, 1.54) is 0 Å². The van der Waals surface area contributed by atoms with Crippen LogP contribution in [0.1, 0.15) is 53.0 Å². The molecule has 2 aliphatic heterocycles. The lowest BCUT2D eigenvalue weighted by atomic mass is 10.1. The van der Waals surface area contributed by atoms with Gasteiger partial charge in [0.15, 0.2) is 11.5 Å². The second kappa shape index (κ2) is 11.1. The lowest BCUT2D eigenvalue weighted by Gasteiger charge is -2.16. The molecule has 5 nitrogen and oxygen atoms in total. The molecule has 0 aromatic heterocycles. The maximum absolute atomic E-state index is 11.8. The monoisotopic (exact) mass is 351 g/mol. The van der Waals surface area contributed by atoms with E-state index in [0.29, 0.717) is 18.8 Å². The van der Waals surface area contributed by atoms with Crippen LogP contribution in [0.25, 0.3) is 0 Å². The van der Waals surface area contributed by atoms with Crippen LogP contribution < -0.4 is 9.47 Å².